The maximum atomic E-state index is 11.9. The number of hydrogen-bond acceptors (Lipinski definition) is 3. The van der Waals surface area contributed by atoms with Crippen molar-refractivity contribution in [1.82, 2.24) is 10.2 Å². The molecule has 1 unspecified atom stereocenters. The van der Waals surface area contributed by atoms with Crippen LogP contribution in [0.15, 0.2) is 0 Å². The molecule has 0 aromatic carbocycles. The summed E-state index contributed by atoms with van der Waals surface area (Å²) in [7, 11) is 0. The average molecular weight is 212 g/mol. The van der Waals surface area contributed by atoms with Gasteiger partial charge in [0.1, 0.15) is 12.6 Å². The second-order valence-electron chi connectivity index (χ2n) is 4.02. The summed E-state index contributed by atoms with van der Waals surface area (Å²) < 4.78 is 5.05. The molecule has 2 fully saturated rings. The molecule has 84 valence electrons. The summed E-state index contributed by atoms with van der Waals surface area (Å²) in [5.41, 5.74) is 0. The van der Waals surface area contributed by atoms with Gasteiger partial charge in [0.15, 0.2) is 0 Å². The summed E-state index contributed by atoms with van der Waals surface area (Å²) in [5.74, 6) is -0.195. The molecule has 0 radical (unpaired) electrons. The zero-order valence-corrected chi connectivity index (χ0v) is 8.70. The second kappa shape index (κ2) is 4.61. The normalized spacial score (nSPS) is 27.3. The summed E-state index contributed by atoms with van der Waals surface area (Å²) >= 11 is 0. The highest BCUT2D eigenvalue weighted by Crippen LogP contribution is 2.10. The van der Waals surface area contributed by atoms with Crippen LogP contribution in [0.1, 0.15) is 19.3 Å². The zero-order valence-electron chi connectivity index (χ0n) is 8.70. The van der Waals surface area contributed by atoms with Gasteiger partial charge < -0.3 is 15.0 Å². The molecule has 2 amide bonds. The highest BCUT2D eigenvalue weighted by atomic mass is 16.5. The van der Waals surface area contributed by atoms with E-state index in [1.807, 2.05) is 4.90 Å². The minimum atomic E-state index is -0.468. The molecule has 2 heterocycles. The Hall–Kier alpha value is -1.10. The van der Waals surface area contributed by atoms with Crippen LogP contribution in [-0.2, 0) is 14.3 Å². The fourth-order valence-electron chi connectivity index (χ4n) is 2.01. The lowest BCUT2D eigenvalue weighted by molar-refractivity contribution is -0.144. The molecule has 0 bridgehead atoms. The van der Waals surface area contributed by atoms with Gasteiger partial charge in [-0.2, -0.15) is 0 Å². The monoisotopic (exact) mass is 212 g/mol. The number of nitrogens with one attached hydrogen (secondary N) is 1. The smallest absolute Gasteiger partial charge is 0.247 e. The molecule has 0 aromatic rings. The Bertz CT molecular complexity index is 261. The van der Waals surface area contributed by atoms with E-state index in [1.54, 1.807) is 0 Å². The van der Waals surface area contributed by atoms with Crippen molar-refractivity contribution in [1.29, 1.82) is 0 Å². The molecule has 1 atom stereocenters. The van der Waals surface area contributed by atoms with Crippen molar-refractivity contribution >= 4 is 11.8 Å². The maximum Gasteiger partial charge on any atom is 0.247 e. The molecule has 2 saturated heterocycles. The predicted molar refractivity (Wildman–Crippen MR) is 53.2 cm³/mol. The highest BCUT2D eigenvalue weighted by molar-refractivity contribution is 5.89. The van der Waals surface area contributed by atoms with E-state index in [4.69, 9.17) is 4.74 Å². The first kappa shape index (κ1) is 10.4. The number of ether oxygens (including phenoxy) is 1. The lowest BCUT2D eigenvalue weighted by Gasteiger charge is -2.32. The fourth-order valence-corrected chi connectivity index (χ4v) is 2.01. The van der Waals surface area contributed by atoms with Crippen molar-refractivity contribution < 1.29 is 14.3 Å². The second-order valence-corrected chi connectivity index (χ2v) is 4.02. The van der Waals surface area contributed by atoms with Crippen molar-refractivity contribution in [2.24, 2.45) is 0 Å². The third-order valence-electron chi connectivity index (χ3n) is 2.82. The van der Waals surface area contributed by atoms with E-state index >= 15 is 0 Å². The number of likely N-dealkylation sites (tertiary alicyclic amines) is 1. The molecule has 0 spiro atoms. The molecule has 0 saturated carbocycles. The standard InChI is InChI=1S/C10H16N2O3/c13-9-7-15-6-8(11-9)10(14)12-4-2-1-3-5-12/h8H,1-7H2,(H,11,13). The molecular weight excluding hydrogens is 196 g/mol. The minimum absolute atomic E-state index is 0.00255. The number of rotatable bonds is 1. The summed E-state index contributed by atoms with van der Waals surface area (Å²) in [5, 5.41) is 2.66. The minimum Gasteiger partial charge on any atom is -0.369 e. The van der Waals surface area contributed by atoms with Crippen LogP contribution < -0.4 is 5.32 Å². The zero-order chi connectivity index (χ0) is 10.7. The lowest BCUT2D eigenvalue weighted by Crippen LogP contribution is -2.55. The summed E-state index contributed by atoms with van der Waals surface area (Å²) in [6.07, 6.45) is 3.32. The first-order valence-electron chi connectivity index (χ1n) is 5.43. The van der Waals surface area contributed by atoms with E-state index in [2.05, 4.69) is 5.32 Å². The summed E-state index contributed by atoms with van der Waals surface area (Å²) in [6, 6.07) is -0.468. The number of hydrogen-bond donors (Lipinski definition) is 1. The molecule has 15 heavy (non-hydrogen) atoms. The molecule has 2 aliphatic heterocycles. The van der Waals surface area contributed by atoms with Crippen molar-refractivity contribution in [2.45, 2.75) is 25.3 Å². The van der Waals surface area contributed by atoms with Crippen LogP contribution in [0.25, 0.3) is 0 Å². The van der Waals surface area contributed by atoms with E-state index < -0.39 is 6.04 Å². The lowest BCUT2D eigenvalue weighted by atomic mass is 10.1. The highest BCUT2D eigenvalue weighted by Gasteiger charge is 2.29. The number of nitrogens with zero attached hydrogens (tertiary/aromatic N) is 1. The van der Waals surface area contributed by atoms with Gasteiger partial charge in [0, 0.05) is 13.1 Å². The Balaban J connectivity index is 1.90. The van der Waals surface area contributed by atoms with E-state index in [0.717, 1.165) is 25.9 Å². The van der Waals surface area contributed by atoms with Crippen LogP contribution in [0.5, 0.6) is 0 Å². The van der Waals surface area contributed by atoms with Gasteiger partial charge in [-0.25, -0.2) is 0 Å². The molecular formula is C10H16N2O3. The van der Waals surface area contributed by atoms with Crippen LogP contribution >= 0.6 is 0 Å². The van der Waals surface area contributed by atoms with E-state index in [1.165, 1.54) is 6.42 Å². The molecule has 5 nitrogen and oxygen atoms in total. The third kappa shape index (κ3) is 2.47. The number of amides is 2. The molecule has 0 aliphatic carbocycles. The van der Waals surface area contributed by atoms with E-state index in [9.17, 15) is 9.59 Å². The van der Waals surface area contributed by atoms with E-state index in [0.29, 0.717) is 6.61 Å². The van der Waals surface area contributed by atoms with Gasteiger partial charge in [0.25, 0.3) is 0 Å². The first-order valence-corrected chi connectivity index (χ1v) is 5.43. The van der Waals surface area contributed by atoms with Crippen molar-refractivity contribution in [2.75, 3.05) is 26.3 Å². The average Bonchev–Trinajstić information content (AvgIpc) is 2.29. The third-order valence-corrected chi connectivity index (χ3v) is 2.82. The molecule has 2 rings (SSSR count). The van der Waals surface area contributed by atoms with Crippen LogP contribution in [0.2, 0.25) is 0 Å². The van der Waals surface area contributed by atoms with Crippen LogP contribution in [0.4, 0.5) is 0 Å². The van der Waals surface area contributed by atoms with Gasteiger partial charge in [-0.1, -0.05) is 0 Å². The SMILES string of the molecule is O=C1COCC(C(=O)N2CCCCC2)N1. The number of piperidine rings is 1. The molecule has 2 aliphatic rings. The maximum absolute atomic E-state index is 11.9. The summed E-state index contributed by atoms with van der Waals surface area (Å²) in [6.45, 7) is 2.00. The number of carbonyl (C=O) groups excluding carboxylic acids is 2. The van der Waals surface area contributed by atoms with Gasteiger partial charge in [-0.3, -0.25) is 9.59 Å². The van der Waals surface area contributed by atoms with Crippen molar-refractivity contribution in [3.05, 3.63) is 0 Å². The largest absolute Gasteiger partial charge is 0.369 e. The fraction of sp³-hybridized carbons (Fsp3) is 0.800. The Morgan fingerprint density at radius 1 is 1.33 bits per heavy atom. The number of carbonyl (C=O) groups is 2. The van der Waals surface area contributed by atoms with E-state index in [-0.39, 0.29) is 18.4 Å². The van der Waals surface area contributed by atoms with Crippen LogP contribution in [0, 0.1) is 0 Å². The van der Waals surface area contributed by atoms with Gasteiger partial charge >= 0.3 is 0 Å². The Morgan fingerprint density at radius 3 is 2.73 bits per heavy atom. The van der Waals surface area contributed by atoms with Gasteiger partial charge in [-0.15, -0.1) is 0 Å². The molecule has 0 aromatic heterocycles. The Kier molecular flexibility index (Phi) is 3.20. The van der Waals surface area contributed by atoms with Crippen LogP contribution in [-0.4, -0.2) is 49.1 Å². The predicted octanol–water partition coefficient (Wildman–Crippen LogP) is -0.486. The quantitative estimate of drug-likeness (QED) is 0.638. The van der Waals surface area contributed by atoms with Crippen molar-refractivity contribution in [3.63, 3.8) is 0 Å². The van der Waals surface area contributed by atoms with Gasteiger partial charge in [0.05, 0.1) is 6.61 Å². The Morgan fingerprint density at radius 2 is 2.07 bits per heavy atom. The first-order chi connectivity index (χ1) is 7.27. The number of morpholine rings is 1. The molecule has 1 N–H and O–H groups in total. The molecule has 5 heteroatoms. The van der Waals surface area contributed by atoms with Crippen molar-refractivity contribution in [3.8, 4) is 0 Å². The van der Waals surface area contributed by atoms with Crippen LogP contribution in [0.3, 0.4) is 0 Å². The van der Waals surface area contributed by atoms with Gasteiger partial charge in [0.2, 0.25) is 11.8 Å². The van der Waals surface area contributed by atoms with Gasteiger partial charge in [-0.05, 0) is 19.3 Å². The summed E-state index contributed by atoms with van der Waals surface area (Å²) in [4.78, 5) is 24.8. The topological polar surface area (TPSA) is 58.6 Å². The Labute approximate surface area is 88.8 Å².